The molecular formula is C11H10FN5O2. The number of aromatic nitrogens is 2. The van der Waals surface area contributed by atoms with E-state index in [1.807, 2.05) is 0 Å². The van der Waals surface area contributed by atoms with Crippen LogP contribution in [0.15, 0.2) is 24.5 Å². The summed E-state index contributed by atoms with van der Waals surface area (Å²) in [6.07, 6.45) is 1.07. The van der Waals surface area contributed by atoms with E-state index < -0.39 is 16.4 Å². The zero-order chi connectivity index (χ0) is 14.0. The van der Waals surface area contributed by atoms with Gasteiger partial charge in [-0.15, -0.1) is 0 Å². The fourth-order valence-corrected chi connectivity index (χ4v) is 1.57. The largest absolute Gasteiger partial charge is 0.378 e. The molecule has 1 aromatic heterocycles. The van der Waals surface area contributed by atoms with E-state index in [1.54, 1.807) is 19.1 Å². The number of halogens is 1. The summed E-state index contributed by atoms with van der Waals surface area (Å²) in [5, 5.41) is 13.5. The topological polar surface area (TPSA) is 107 Å². The molecule has 0 saturated carbocycles. The number of nitrogens with two attached hydrogens (primary N) is 1. The van der Waals surface area contributed by atoms with Gasteiger partial charge < -0.3 is 11.1 Å². The van der Waals surface area contributed by atoms with Gasteiger partial charge in [-0.3, -0.25) is 10.1 Å². The number of nitrogens with one attached hydrogen (secondary N) is 1. The second-order valence-corrected chi connectivity index (χ2v) is 3.77. The van der Waals surface area contributed by atoms with Crippen LogP contribution in [-0.2, 0) is 0 Å². The lowest BCUT2D eigenvalue weighted by Crippen LogP contribution is -2.06. The van der Waals surface area contributed by atoms with Crippen LogP contribution < -0.4 is 11.1 Å². The number of nitro groups is 1. The zero-order valence-corrected chi connectivity index (χ0v) is 9.92. The summed E-state index contributed by atoms with van der Waals surface area (Å²) in [5.41, 5.74) is 5.65. The maximum atomic E-state index is 13.7. The number of anilines is 3. The Labute approximate surface area is 107 Å². The first-order chi connectivity index (χ1) is 9.00. The molecule has 1 aromatic carbocycles. The third kappa shape index (κ3) is 2.41. The van der Waals surface area contributed by atoms with Gasteiger partial charge in [-0.05, 0) is 18.6 Å². The Hall–Kier alpha value is -2.77. The van der Waals surface area contributed by atoms with Crippen molar-refractivity contribution in [1.82, 2.24) is 9.97 Å². The predicted molar refractivity (Wildman–Crippen MR) is 67.5 cm³/mol. The molecule has 0 unspecified atom stereocenters. The molecule has 0 spiro atoms. The van der Waals surface area contributed by atoms with Crippen molar-refractivity contribution in [2.75, 3.05) is 11.1 Å². The van der Waals surface area contributed by atoms with Crippen molar-refractivity contribution in [1.29, 1.82) is 0 Å². The summed E-state index contributed by atoms with van der Waals surface area (Å²) in [4.78, 5) is 17.5. The molecule has 8 heteroatoms. The maximum Gasteiger partial charge on any atom is 0.353 e. The molecule has 19 heavy (non-hydrogen) atoms. The lowest BCUT2D eigenvalue weighted by Gasteiger charge is -2.10. The molecule has 0 bridgehead atoms. The minimum Gasteiger partial charge on any atom is -0.378 e. The van der Waals surface area contributed by atoms with Crippen molar-refractivity contribution in [2.45, 2.75) is 6.92 Å². The number of nitrogen functional groups attached to an aromatic ring is 1. The summed E-state index contributed by atoms with van der Waals surface area (Å²) < 4.78 is 13.7. The molecular weight excluding hydrogens is 253 g/mol. The van der Waals surface area contributed by atoms with Gasteiger partial charge in [0.2, 0.25) is 11.6 Å². The number of benzene rings is 1. The van der Waals surface area contributed by atoms with Crippen LogP contribution in [0.1, 0.15) is 5.56 Å². The van der Waals surface area contributed by atoms with Crippen LogP contribution in [0.4, 0.5) is 27.4 Å². The van der Waals surface area contributed by atoms with Gasteiger partial charge in [0.15, 0.2) is 0 Å². The quantitative estimate of drug-likeness (QED) is 0.649. The first kappa shape index (κ1) is 12.7. The van der Waals surface area contributed by atoms with Crippen molar-refractivity contribution in [3.63, 3.8) is 0 Å². The van der Waals surface area contributed by atoms with Gasteiger partial charge in [-0.25, -0.2) is 14.4 Å². The molecule has 2 rings (SSSR count). The number of hydrogen-bond acceptors (Lipinski definition) is 6. The van der Waals surface area contributed by atoms with Crippen molar-refractivity contribution in [3.8, 4) is 0 Å². The number of nitrogens with zero attached hydrogens (tertiary/aromatic N) is 3. The van der Waals surface area contributed by atoms with Crippen LogP contribution in [-0.4, -0.2) is 14.9 Å². The highest BCUT2D eigenvalue weighted by molar-refractivity contribution is 5.73. The Kier molecular flexibility index (Phi) is 3.23. The van der Waals surface area contributed by atoms with Gasteiger partial charge in [0.25, 0.3) is 0 Å². The first-order valence-corrected chi connectivity index (χ1v) is 5.27. The third-order valence-electron chi connectivity index (χ3n) is 2.50. The average molecular weight is 263 g/mol. The van der Waals surface area contributed by atoms with Crippen LogP contribution in [0.5, 0.6) is 0 Å². The molecule has 0 amide bonds. The van der Waals surface area contributed by atoms with E-state index in [0.717, 1.165) is 6.33 Å². The molecule has 98 valence electrons. The lowest BCUT2D eigenvalue weighted by molar-refractivity contribution is -0.383. The molecule has 0 aliphatic heterocycles. The van der Waals surface area contributed by atoms with E-state index in [-0.39, 0.29) is 17.3 Å². The van der Waals surface area contributed by atoms with E-state index in [4.69, 9.17) is 5.73 Å². The van der Waals surface area contributed by atoms with Crippen LogP contribution in [0.3, 0.4) is 0 Å². The predicted octanol–water partition coefficient (Wildman–Crippen LogP) is 2.16. The Balaban J connectivity index is 2.50. The van der Waals surface area contributed by atoms with Crippen LogP contribution in [0.25, 0.3) is 0 Å². The SMILES string of the molecule is Cc1cccc(F)c1Nc1ncnc(N)c1[N+](=O)[O-]. The molecule has 7 nitrogen and oxygen atoms in total. The standard InChI is InChI=1S/C11H10FN5O2/c1-6-3-2-4-7(12)8(6)16-11-9(17(18)19)10(13)14-5-15-11/h2-5H,1H3,(H3,13,14,15,16). The molecule has 3 N–H and O–H groups in total. The number of para-hydroxylation sites is 1. The number of aryl methyl sites for hydroxylation is 1. The van der Waals surface area contributed by atoms with E-state index >= 15 is 0 Å². The van der Waals surface area contributed by atoms with Crippen molar-refractivity contribution < 1.29 is 9.31 Å². The second kappa shape index (κ2) is 4.84. The normalized spacial score (nSPS) is 10.2. The molecule has 0 aliphatic carbocycles. The van der Waals surface area contributed by atoms with Crippen LogP contribution in [0.2, 0.25) is 0 Å². The Morgan fingerprint density at radius 3 is 2.79 bits per heavy atom. The summed E-state index contributed by atoms with van der Waals surface area (Å²) in [6.45, 7) is 1.67. The van der Waals surface area contributed by atoms with Crippen LogP contribution in [0, 0.1) is 22.9 Å². The molecule has 0 fully saturated rings. The molecule has 2 aromatic rings. The fraction of sp³-hybridized carbons (Fsp3) is 0.0909. The van der Waals surface area contributed by atoms with E-state index in [9.17, 15) is 14.5 Å². The Morgan fingerprint density at radius 2 is 2.16 bits per heavy atom. The molecule has 0 saturated heterocycles. The van der Waals surface area contributed by atoms with Gasteiger partial charge in [0.1, 0.15) is 12.1 Å². The van der Waals surface area contributed by atoms with Gasteiger partial charge in [0.05, 0.1) is 10.6 Å². The number of hydrogen-bond donors (Lipinski definition) is 2. The van der Waals surface area contributed by atoms with Crippen molar-refractivity contribution in [2.24, 2.45) is 0 Å². The van der Waals surface area contributed by atoms with Gasteiger partial charge in [-0.1, -0.05) is 12.1 Å². The zero-order valence-electron chi connectivity index (χ0n) is 9.92. The summed E-state index contributed by atoms with van der Waals surface area (Å²) in [5.74, 6) is -0.964. The highest BCUT2D eigenvalue weighted by Gasteiger charge is 2.22. The fourth-order valence-electron chi connectivity index (χ4n) is 1.57. The molecule has 0 aliphatic rings. The third-order valence-corrected chi connectivity index (χ3v) is 2.50. The molecule has 1 heterocycles. The van der Waals surface area contributed by atoms with Gasteiger partial charge in [-0.2, -0.15) is 0 Å². The average Bonchev–Trinajstić information content (AvgIpc) is 2.33. The van der Waals surface area contributed by atoms with Crippen molar-refractivity contribution >= 4 is 23.0 Å². The van der Waals surface area contributed by atoms with Gasteiger partial charge in [0, 0.05) is 0 Å². The second-order valence-electron chi connectivity index (χ2n) is 3.77. The summed E-state index contributed by atoms with van der Waals surface area (Å²) in [7, 11) is 0. The Morgan fingerprint density at radius 1 is 1.42 bits per heavy atom. The monoisotopic (exact) mass is 263 g/mol. The summed E-state index contributed by atoms with van der Waals surface area (Å²) in [6, 6.07) is 4.45. The summed E-state index contributed by atoms with van der Waals surface area (Å²) >= 11 is 0. The highest BCUT2D eigenvalue weighted by Crippen LogP contribution is 2.31. The molecule has 0 atom stereocenters. The van der Waals surface area contributed by atoms with Crippen molar-refractivity contribution in [3.05, 3.63) is 46.0 Å². The lowest BCUT2D eigenvalue weighted by atomic mass is 10.2. The van der Waals surface area contributed by atoms with Gasteiger partial charge >= 0.3 is 5.69 Å². The first-order valence-electron chi connectivity index (χ1n) is 5.27. The maximum absolute atomic E-state index is 13.7. The number of rotatable bonds is 3. The van der Waals surface area contributed by atoms with E-state index in [0.29, 0.717) is 5.56 Å². The Bertz CT molecular complexity index is 627. The minimum absolute atomic E-state index is 0.115. The van der Waals surface area contributed by atoms with E-state index in [1.165, 1.54) is 6.07 Å². The van der Waals surface area contributed by atoms with E-state index in [2.05, 4.69) is 15.3 Å². The molecule has 0 radical (unpaired) electrons. The minimum atomic E-state index is -0.714. The van der Waals surface area contributed by atoms with Crippen LogP contribution >= 0.6 is 0 Å². The highest BCUT2D eigenvalue weighted by atomic mass is 19.1. The smallest absolute Gasteiger partial charge is 0.353 e.